The summed E-state index contributed by atoms with van der Waals surface area (Å²) in [4.78, 5) is 23.8. The van der Waals surface area contributed by atoms with Gasteiger partial charge in [0.05, 0.1) is 6.07 Å². The monoisotopic (exact) mass is 317 g/mol. The molecule has 1 atom stereocenters. The van der Waals surface area contributed by atoms with Crippen LogP contribution in [-0.2, 0) is 9.53 Å². The summed E-state index contributed by atoms with van der Waals surface area (Å²) >= 11 is 0. The number of ether oxygens (including phenoxy) is 1. The molecule has 0 unspecified atom stereocenters. The highest BCUT2D eigenvalue weighted by Gasteiger charge is 2.46. The summed E-state index contributed by atoms with van der Waals surface area (Å²) in [7, 11) is 0. The third kappa shape index (κ3) is 6.24. The van der Waals surface area contributed by atoms with Gasteiger partial charge in [-0.3, -0.25) is 4.79 Å². The number of nitrogens with one attached hydrogen (secondary N) is 2. The van der Waals surface area contributed by atoms with Crippen LogP contribution in [0.1, 0.15) is 47.0 Å². The van der Waals surface area contributed by atoms with E-state index in [4.69, 9.17) is 10.00 Å². The molecule has 124 valence electrons. The van der Waals surface area contributed by atoms with E-state index >= 15 is 0 Å². The molecule has 22 heavy (non-hydrogen) atoms. The number of carbonyl (C=O) groups is 2. The molecule has 0 aromatic rings. The van der Waals surface area contributed by atoms with Gasteiger partial charge in [0, 0.05) is 6.42 Å². The van der Waals surface area contributed by atoms with Gasteiger partial charge in [-0.05, 0) is 40.5 Å². The molecule has 2 amide bonds. The van der Waals surface area contributed by atoms with Crippen LogP contribution in [-0.4, -0.2) is 35.1 Å². The smallest absolute Gasteiger partial charge is 0.408 e. The first kappa shape index (κ1) is 18.1. The number of halogens is 2. The van der Waals surface area contributed by atoms with E-state index in [1.165, 1.54) is 0 Å². The number of amides is 2. The number of carbonyl (C=O) groups excluding carboxylic acids is 2. The molecule has 0 bridgehead atoms. The summed E-state index contributed by atoms with van der Waals surface area (Å²) < 4.78 is 31.4. The zero-order valence-corrected chi connectivity index (χ0v) is 13.1. The fraction of sp³-hybridized carbons (Fsp3) is 0.786. The Morgan fingerprint density at radius 1 is 1.32 bits per heavy atom. The topological polar surface area (TPSA) is 91.2 Å². The lowest BCUT2D eigenvalue weighted by Gasteiger charge is -2.25. The van der Waals surface area contributed by atoms with Gasteiger partial charge >= 0.3 is 6.09 Å². The number of hydrogen-bond acceptors (Lipinski definition) is 4. The number of rotatable bonds is 5. The predicted molar refractivity (Wildman–Crippen MR) is 74.1 cm³/mol. The van der Waals surface area contributed by atoms with Gasteiger partial charge in [-0.2, -0.15) is 5.26 Å². The van der Waals surface area contributed by atoms with Gasteiger partial charge in [-0.1, -0.05) is 0 Å². The molecule has 2 N–H and O–H groups in total. The summed E-state index contributed by atoms with van der Waals surface area (Å²) in [6.07, 6.45) is -0.897. The van der Waals surface area contributed by atoms with Gasteiger partial charge in [0.25, 0.3) is 0 Å². The van der Waals surface area contributed by atoms with Crippen LogP contribution in [0.15, 0.2) is 0 Å². The Bertz CT molecular complexity index is 485. The van der Waals surface area contributed by atoms with Crippen molar-refractivity contribution in [2.75, 3.05) is 0 Å². The van der Waals surface area contributed by atoms with Crippen LogP contribution in [0.5, 0.6) is 0 Å². The molecule has 0 aromatic heterocycles. The maximum absolute atomic E-state index is 13.2. The van der Waals surface area contributed by atoms with E-state index in [9.17, 15) is 18.4 Å². The highest BCUT2D eigenvalue weighted by atomic mass is 19.3. The summed E-state index contributed by atoms with van der Waals surface area (Å²) in [5.41, 5.74) is -1.81. The molecule has 0 heterocycles. The Kier molecular flexibility index (Phi) is 5.00. The SMILES string of the molecule is CC(F)(F)C[C@H](NC(=O)OC(C)(C)C)C(=O)NC1(C#N)CC1. The summed E-state index contributed by atoms with van der Waals surface area (Å²) in [6, 6.07) is 0.458. The van der Waals surface area contributed by atoms with Crippen molar-refractivity contribution in [2.24, 2.45) is 0 Å². The van der Waals surface area contributed by atoms with E-state index in [-0.39, 0.29) is 0 Å². The number of nitrogens with zero attached hydrogens (tertiary/aromatic N) is 1. The Labute approximate surface area is 128 Å². The normalized spacial score (nSPS) is 17.9. The van der Waals surface area contributed by atoms with E-state index in [1.807, 2.05) is 6.07 Å². The Morgan fingerprint density at radius 2 is 1.86 bits per heavy atom. The van der Waals surface area contributed by atoms with E-state index in [1.54, 1.807) is 20.8 Å². The second kappa shape index (κ2) is 6.07. The largest absolute Gasteiger partial charge is 0.444 e. The molecule has 1 aliphatic carbocycles. The second-order valence-electron chi connectivity index (χ2n) is 6.66. The van der Waals surface area contributed by atoms with Crippen molar-refractivity contribution in [3.8, 4) is 6.07 Å². The molecular weight excluding hydrogens is 296 g/mol. The number of hydrogen-bond donors (Lipinski definition) is 2. The van der Waals surface area contributed by atoms with E-state index < -0.39 is 41.5 Å². The van der Waals surface area contributed by atoms with Crippen LogP contribution in [0, 0.1) is 11.3 Å². The molecule has 8 heteroatoms. The van der Waals surface area contributed by atoms with Gasteiger partial charge in [0.15, 0.2) is 0 Å². The molecule has 1 rings (SSSR count). The van der Waals surface area contributed by atoms with Gasteiger partial charge in [-0.25, -0.2) is 13.6 Å². The lowest BCUT2D eigenvalue weighted by atomic mass is 10.1. The van der Waals surface area contributed by atoms with Gasteiger partial charge in [0.2, 0.25) is 11.8 Å². The fourth-order valence-corrected chi connectivity index (χ4v) is 1.73. The molecule has 0 aromatic carbocycles. The van der Waals surface area contributed by atoms with Crippen molar-refractivity contribution in [3.05, 3.63) is 0 Å². The highest BCUT2D eigenvalue weighted by molar-refractivity contribution is 5.87. The zero-order chi connectivity index (χ0) is 17.2. The first-order valence-corrected chi connectivity index (χ1v) is 6.96. The summed E-state index contributed by atoms with van der Waals surface area (Å²) in [6.45, 7) is 5.50. The van der Waals surface area contributed by atoms with Crippen LogP contribution >= 0.6 is 0 Å². The molecule has 6 nitrogen and oxygen atoms in total. The maximum Gasteiger partial charge on any atom is 0.408 e. The highest BCUT2D eigenvalue weighted by Crippen LogP contribution is 2.34. The van der Waals surface area contributed by atoms with Crippen LogP contribution in [0.2, 0.25) is 0 Å². The van der Waals surface area contributed by atoms with Crippen LogP contribution in [0.4, 0.5) is 13.6 Å². The first-order valence-electron chi connectivity index (χ1n) is 6.96. The van der Waals surface area contributed by atoms with Crippen molar-refractivity contribution in [3.63, 3.8) is 0 Å². The van der Waals surface area contributed by atoms with Crippen molar-refractivity contribution in [2.45, 2.75) is 70.1 Å². The number of alkyl carbamates (subject to hydrolysis) is 1. The van der Waals surface area contributed by atoms with Gasteiger partial charge in [0.1, 0.15) is 17.2 Å². The van der Waals surface area contributed by atoms with Crippen molar-refractivity contribution in [1.82, 2.24) is 10.6 Å². The Balaban J connectivity index is 2.73. The lowest BCUT2D eigenvalue weighted by Crippen LogP contribution is -2.52. The Morgan fingerprint density at radius 3 is 2.23 bits per heavy atom. The predicted octanol–water partition coefficient (Wildman–Crippen LogP) is 2.10. The zero-order valence-electron chi connectivity index (χ0n) is 13.1. The molecule has 1 fully saturated rings. The molecule has 0 radical (unpaired) electrons. The fourth-order valence-electron chi connectivity index (χ4n) is 1.73. The van der Waals surface area contributed by atoms with Crippen LogP contribution in [0.3, 0.4) is 0 Å². The van der Waals surface area contributed by atoms with E-state index in [0.29, 0.717) is 19.8 Å². The summed E-state index contributed by atoms with van der Waals surface area (Å²) in [5, 5.41) is 13.5. The molecule has 0 spiro atoms. The minimum atomic E-state index is -3.15. The average molecular weight is 317 g/mol. The van der Waals surface area contributed by atoms with Gasteiger partial charge in [-0.15, -0.1) is 0 Å². The van der Waals surface area contributed by atoms with Crippen molar-refractivity contribution in [1.29, 1.82) is 5.26 Å². The maximum atomic E-state index is 13.2. The lowest BCUT2D eigenvalue weighted by molar-refractivity contribution is -0.126. The minimum absolute atomic E-state index is 0.469. The molecule has 1 aliphatic rings. The molecule has 0 saturated heterocycles. The summed E-state index contributed by atoms with van der Waals surface area (Å²) in [5.74, 6) is -3.97. The molecular formula is C14H21F2N3O3. The first-order chi connectivity index (χ1) is 9.86. The Hall–Kier alpha value is -1.91. The number of alkyl halides is 2. The standard InChI is InChI=1S/C14H21F2N3O3/c1-12(2,3)22-11(21)18-9(7-13(4,15)16)10(20)19-14(8-17)5-6-14/h9H,5-7H2,1-4H3,(H,18,21)(H,19,20)/t9-/m0/s1. The molecule has 1 saturated carbocycles. The van der Waals surface area contributed by atoms with Gasteiger partial charge < -0.3 is 15.4 Å². The van der Waals surface area contributed by atoms with Crippen LogP contribution < -0.4 is 10.6 Å². The third-order valence-electron chi connectivity index (χ3n) is 2.90. The van der Waals surface area contributed by atoms with E-state index in [0.717, 1.165) is 0 Å². The quantitative estimate of drug-likeness (QED) is 0.812. The number of nitriles is 1. The second-order valence-corrected chi connectivity index (χ2v) is 6.66. The van der Waals surface area contributed by atoms with E-state index in [2.05, 4.69) is 10.6 Å². The minimum Gasteiger partial charge on any atom is -0.444 e. The van der Waals surface area contributed by atoms with Crippen molar-refractivity contribution >= 4 is 12.0 Å². The van der Waals surface area contributed by atoms with Crippen LogP contribution in [0.25, 0.3) is 0 Å². The third-order valence-corrected chi connectivity index (χ3v) is 2.90. The average Bonchev–Trinajstić information content (AvgIpc) is 3.04. The van der Waals surface area contributed by atoms with Crippen molar-refractivity contribution < 1.29 is 23.1 Å². The molecule has 0 aliphatic heterocycles.